The fourth-order valence-corrected chi connectivity index (χ4v) is 5.97. The van der Waals surface area contributed by atoms with Crippen molar-refractivity contribution in [3.05, 3.63) is 89.4 Å². The number of ether oxygens (including phenoxy) is 3. The summed E-state index contributed by atoms with van der Waals surface area (Å²) in [5, 5.41) is 5.14. The molecule has 0 amide bonds. The van der Waals surface area contributed by atoms with Crippen molar-refractivity contribution in [2.24, 2.45) is 0 Å². The van der Waals surface area contributed by atoms with Crippen LogP contribution in [0, 0.1) is 5.82 Å². The van der Waals surface area contributed by atoms with Crippen LogP contribution in [0.2, 0.25) is 0 Å². The second kappa shape index (κ2) is 14.7. The highest BCUT2D eigenvalue weighted by Gasteiger charge is 2.39. The van der Waals surface area contributed by atoms with E-state index in [1.165, 1.54) is 19.1 Å². The molecule has 1 saturated heterocycles. The third-order valence-electron chi connectivity index (χ3n) is 8.83. The van der Waals surface area contributed by atoms with Crippen LogP contribution in [0.5, 0.6) is 11.5 Å². The fraction of sp³-hybridized carbons (Fsp3) is 0.400. The van der Waals surface area contributed by atoms with Crippen LogP contribution < -0.4 is 33.5 Å². The van der Waals surface area contributed by atoms with Gasteiger partial charge in [0.05, 0.1) is 44.5 Å². The zero-order valence-corrected chi connectivity index (χ0v) is 28.3. The minimum absolute atomic E-state index is 0. The van der Waals surface area contributed by atoms with Gasteiger partial charge < -0.3 is 42.7 Å². The Labute approximate surface area is 280 Å². The molecule has 0 bridgehead atoms. The Morgan fingerprint density at radius 3 is 2.44 bits per heavy atom. The van der Waals surface area contributed by atoms with E-state index >= 15 is 0 Å². The quantitative estimate of drug-likeness (QED) is 0.0721. The largest absolute Gasteiger partial charge is 1.00 e. The van der Waals surface area contributed by atoms with Crippen molar-refractivity contribution < 1.29 is 61.2 Å². The van der Waals surface area contributed by atoms with Crippen LogP contribution in [0.3, 0.4) is 0 Å². The molecule has 0 unspecified atom stereocenters. The number of benzene rings is 3. The van der Waals surface area contributed by atoms with E-state index in [1.54, 1.807) is 31.4 Å². The molecule has 0 radical (unpaired) electrons. The van der Waals surface area contributed by atoms with Gasteiger partial charge in [0.1, 0.15) is 5.82 Å². The van der Waals surface area contributed by atoms with Crippen molar-refractivity contribution in [1.29, 1.82) is 0 Å². The van der Waals surface area contributed by atoms with E-state index in [-0.39, 0.29) is 54.2 Å². The van der Waals surface area contributed by atoms with Crippen LogP contribution >= 0.6 is 0 Å². The van der Waals surface area contributed by atoms with Gasteiger partial charge in [-0.25, -0.2) is 4.39 Å². The first kappa shape index (κ1) is 34.4. The molecule has 1 aliphatic rings. The third kappa shape index (κ3) is 7.84. The smallest absolute Gasteiger partial charge is 0.320 e. The molecule has 10 heteroatoms. The number of likely N-dealkylation sites (tertiary alicyclic amines) is 1. The summed E-state index contributed by atoms with van der Waals surface area (Å²) < 4.78 is 37.3. The van der Waals surface area contributed by atoms with Crippen molar-refractivity contribution in [3.63, 3.8) is 0 Å². The molecule has 45 heavy (non-hydrogen) atoms. The SMILES string of the molecule is COc1cc(C(C)=O)ccc1OCCC[N+]1(COC(=O)C(C)(C)c2ccccc2)CCC(c2noc3cc(F)ccc23)CC1.[I-]. The first-order valence-electron chi connectivity index (χ1n) is 15.1. The summed E-state index contributed by atoms with van der Waals surface area (Å²) in [7, 11) is 1.55. The Kier molecular flexibility index (Phi) is 11.2. The summed E-state index contributed by atoms with van der Waals surface area (Å²) in [6.45, 7) is 8.26. The third-order valence-corrected chi connectivity index (χ3v) is 8.83. The van der Waals surface area contributed by atoms with E-state index in [0.29, 0.717) is 40.2 Å². The number of nitrogens with zero attached hydrogens (tertiary/aromatic N) is 2. The monoisotopic (exact) mass is 730 g/mol. The Balaban J connectivity index is 0.00000461. The van der Waals surface area contributed by atoms with E-state index < -0.39 is 5.41 Å². The highest BCUT2D eigenvalue weighted by molar-refractivity contribution is 5.94. The van der Waals surface area contributed by atoms with E-state index in [2.05, 4.69) is 5.16 Å². The van der Waals surface area contributed by atoms with Crippen molar-refractivity contribution in [1.82, 2.24) is 5.16 Å². The molecular formula is C35H40FIN2O6. The molecule has 0 aliphatic carbocycles. The molecule has 4 aromatic rings. The number of carbonyl (C=O) groups excluding carboxylic acids is 2. The molecule has 0 N–H and O–H groups in total. The Morgan fingerprint density at radius 1 is 1.02 bits per heavy atom. The first-order chi connectivity index (χ1) is 21.1. The standard InChI is InChI=1S/C35H40FN2O6.HI/c1-24(39)26-11-14-30(32(21-26)41-4)42-20-8-17-38(23-43-34(40)35(2,3)27-9-6-5-7-10-27)18-15-25(16-19-38)33-29-13-12-28(36)22-31(29)44-37-33;/h5-7,9-14,21-22,25H,8,15-20,23H2,1-4H3;1H/q+1;/p-1. The van der Waals surface area contributed by atoms with Gasteiger partial charge >= 0.3 is 5.97 Å². The number of piperidine rings is 1. The number of carbonyl (C=O) groups is 2. The molecule has 8 nitrogen and oxygen atoms in total. The molecule has 1 fully saturated rings. The van der Waals surface area contributed by atoms with Gasteiger partial charge in [-0.3, -0.25) is 14.1 Å². The Bertz CT molecular complexity index is 1620. The lowest BCUT2D eigenvalue weighted by molar-refractivity contribution is -0.948. The number of rotatable bonds is 12. The number of methoxy groups -OCH3 is 1. The van der Waals surface area contributed by atoms with Gasteiger partial charge in [-0.05, 0) is 56.7 Å². The van der Waals surface area contributed by atoms with Crippen LogP contribution in [0.25, 0.3) is 11.0 Å². The molecule has 0 spiro atoms. The van der Waals surface area contributed by atoms with Crippen molar-refractivity contribution in [2.45, 2.75) is 51.4 Å². The maximum absolute atomic E-state index is 13.7. The predicted octanol–water partition coefficient (Wildman–Crippen LogP) is 3.82. The van der Waals surface area contributed by atoms with Gasteiger partial charge in [-0.1, -0.05) is 35.5 Å². The highest BCUT2D eigenvalue weighted by atomic mass is 127. The molecule has 240 valence electrons. The summed E-state index contributed by atoms with van der Waals surface area (Å²) in [6.07, 6.45) is 2.35. The topological polar surface area (TPSA) is 87.9 Å². The molecule has 0 atom stereocenters. The summed E-state index contributed by atoms with van der Waals surface area (Å²) in [5.74, 6) is 0.589. The van der Waals surface area contributed by atoms with E-state index in [1.807, 2.05) is 44.2 Å². The summed E-state index contributed by atoms with van der Waals surface area (Å²) in [4.78, 5) is 25.2. The Hall–Kier alpha value is -3.51. The molecule has 3 aromatic carbocycles. The molecule has 1 aliphatic heterocycles. The lowest BCUT2D eigenvalue weighted by Crippen LogP contribution is -3.00. The summed E-state index contributed by atoms with van der Waals surface area (Å²) in [5.41, 5.74) is 1.98. The van der Waals surface area contributed by atoms with Gasteiger partial charge in [-0.15, -0.1) is 0 Å². The second-order valence-electron chi connectivity index (χ2n) is 12.2. The lowest BCUT2D eigenvalue weighted by atomic mass is 9.85. The average Bonchev–Trinajstić information content (AvgIpc) is 3.45. The average molecular weight is 731 g/mol. The summed E-state index contributed by atoms with van der Waals surface area (Å²) >= 11 is 0. The normalized spacial score (nSPS) is 18.2. The van der Waals surface area contributed by atoms with Crippen LogP contribution in [0.4, 0.5) is 4.39 Å². The Morgan fingerprint density at radius 2 is 1.76 bits per heavy atom. The summed E-state index contributed by atoms with van der Waals surface area (Å²) in [6, 6.07) is 19.4. The first-order valence-corrected chi connectivity index (χ1v) is 15.1. The number of hydrogen-bond acceptors (Lipinski definition) is 7. The molecular weight excluding hydrogens is 690 g/mol. The minimum atomic E-state index is -0.788. The van der Waals surface area contributed by atoms with Crippen LogP contribution in [-0.4, -0.2) is 61.5 Å². The fourth-order valence-electron chi connectivity index (χ4n) is 5.97. The molecule has 1 aromatic heterocycles. The molecule has 2 heterocycles. The van der Waals surface area contributed by atoms with Crippen molar-refractivity contribution in [3.8, 4) is 11.5 Å². The van der Waals surface area contributed by atoms with Crippen molar-refractivity contribution in [2.75, 3.05) is 40.1 Å². The van der Waals surface area contributed by atoms with Gasteiger partial charge in [0.25, 0.3) is 0 Å². The molecule has 0 saturated carbocycles. The zero-order chi connectivity index (χ0) is 31.3. The van der Waals surface area contributed by atoms with Crippen LogP contribution in [-0.2, 0) is 14.9 Å². The van der Waals surface area contributed by atoms with Gasteiger partial charge in [-0.2, -0.15) is 0 Å². The second-order valence-corrected chi connectivity index (χ2v) is 12.2. The maximum atomic E-state index is 13.7. The zero-order valence-electron chi connectivity index (χ0n) is 26.2. The number of hydrogen-bond donors (Lipinski definition) is 0. The van der Waals surface area contributed by atoms with E-state index in [0.717, 1.165) is 49.1 Å². The van der Waals surface area contributed by atoms with E-state index in [4.69, 9.17) is 18.7 Å². The number of quaternary nitrogens is 1. The van der Waals surface area contributed by atoms with Gasteiger partial charge in [0.2, 0.25) is 6.73 Å². The number of aromatic nitrogens is 1. The number of fused-ring (bicyclic) bond motifs is 1. The van der Waals surface area contributed by atoms with Crippen LogP contribution in [0.1, 0.15) is 67.6 Å². The number of esters is 1. The number of halogens is 2. The highest BCUT2D eigenvalue weighted by Crippen LogP contribution is 2.36. The van der Waals surface area contributed by atoms with E-state index in [9.17, 15) is 14.0 Å². The van der Waals surface area contributed by atoms with Crippen LogP contribution in [0.15, 0.2) is 71.3 Å². The lowest BCUT2D eigenvalue weighted by Gasteiger charge is -2.43. The molecule has 5 rings (SSSR count). The van der Waals surface area contributed by atoms with Gasteiger partial charge in [0.15, 0.2) is 22.9 Å². The maximum Gasteiger partial charge on any atom is 0.320 e. The minimum Gasteiger partial charge on any atom is -1.00 e. The van der Waals surface area contributed by atoms with Gasteiger partial charge in [0, 0.05) is 42.2 Å². The number of ketones is 1. The predicted molar refractivity (Wildman–Crippen MR) is 164 cm³/mol. The number of Topliss-reactive ketones (excluding diaryl/α,β-unsaturated/α-hetero) is 1. The van der Waals surface area contributed by atoms with Crippen molar-refractivity contribution >= 4 is 22.7 Å².